The summed E-state index contributed by atoms with van der Waals surface area (Å²) in [6.45, 7) is 14.9. The van der Waals surface area contributed by atoms with Crippen molar-refractivity contribution in [2.45, 2.75) is 97.3 Å². The van der Waals surface area contributed by atoms with E-state index >= 15 is 0 Å². The number of benzene rings is 2. The van der Waals surface area contributed by atoms with Crippen LogP contribution in [0.15, 0.2) is 36.4 Å². The summed E-state index contributed by atoms with van der Waals surface area (Å²) in [5, 5.41) is 20.0. The molecule has 1 aliphatic rings. The highest BCUT2D eigenvalue weighted by Crippen LogP contribution is 2.39. The molecule has 1 aliphatic carbocycles. The number of phenolic OH excluding ortho intramolecular Hbond substituents is 2. The lowest BCUT2D eigenvalue weighted by molar-refractivity contribution is 0.414. The standard InChI is InChI=1S/C15H24O.C12H16O/c1-10-8-11(14(2,3)4)13(16)12(9-10)15(5,6)7;13-12-9-5-4-8-11(12)10-6-2-1-3-7-10/h8-9,16H,1-7H3;4-5,8-10,13H,1-3,6-7H2. The van der Waals surface area contributed by atoms with Gasteiger partial charge < -0.3 is 10.2 Å². The highest BCUT2D eigenvalue weighted by atomic mass is 16.3. The molecular formula is C27H40O2. The lowest BCUT2D eigenvalue weighted by Gasteiger charge is -2.27. The summed E-state index contributed by atoms with van der Waals surface area (Å²) in [7, 11) is 0. The highest BCUT2D eigenvalue weighted by Gasteiger charge is 2.25. The second-order valence-corrected chi connectivity index (χ2v) is 10.6. The molecule has 2 nitrogen and oxygen atoms in total. The molecular weight excluding hydrogens is 356 g/mol. The molecule has 0 heterocycles. The molecule has 0 aromatic heterocycles. The van der Waals surface area contributed by atoms with Gasteiger partial charge in [0.1, 0.15) is 11.5 Å². The summed E-state index contributed by atoms with van der Waals surface area (Å²) in [5.41, 5.74) is 4.41. The van der Waals surface area contributed by atoms with Crippen LogP contribution in [-0.2, 0) is 10.8 Å². The van der Waals surface area contributed by atoms with Crippen LogP contribution in [0.3, 0.4) is 0 Å². The quantitative estimate of drug-likeness (QED) is 0.517. The molecule has 0 bridgehead atoms. The zero-order chi connectivity index (χ0) is 21.8. The van der Waals surface area contributed by atoms with E-state index in [4.69, 9.17) is 0 Å². The summed E-state index contributed by atoms with van der Waals surface area (Å²) in [6.07, 6.45) is 6.50. The first kappa shape index (κ1) is 23.3. The average Bonchev–Trinajstić information content (AvgIpc) is 2.63. The summed E-state index contributed by atoms with van der Waals surface area (Å²) in [4.78, 5) is 0. The molecule has 2 N–H and O–H groups in total. The third kappa shape index (κ3) is 6.26. The lowest BCUT2D eigenvalue weighted by Crippen LogP contribution is -2.17. The molecule has 160 valence electrons. The van der Waals surface area contributed by atoms with Gasteiger partial charge in [0.2, 0.25) is 0 Å². The van der Waals surface area contributed by atoms with Gasteiger partial charge in [0.25, 0.3) is 0 Å². The molecule has 0 spiro atoms. The molecule has 3 rings (SSSR count). The van der Waals surface area contributed by atoms with Gasteiger partial charge in [-0.1, -0.05) is 96.7 Å². The van der Waals surface area contributed by atoms with Crippen LogP contribution in [0.1, 0.15) is 102 Å². The fraction of sp³-hybridized carbons (Fsp3) is 0.556. The van der Waals surface area contributed by atoms with Crippen molar-refractivity contribution in [1.82, 2.24) is 0 Å². The largest absolute Gasteiger partial charge is 0.508 e. The zero-order valence-electron chi connectivity index (χ0n) is 19.5. The van der Waals surface area contributed by atoms with Crippen LogP contribution < -0.4 is 0 Å². The van der Waals surface area contributed by atoms with E-state index in [9.17, 15) is 10.2 Å². The molecule has 0 amide bonds. The Bertz CT molecular complexity index is 765. The molecule has 29 heavy (non-hydrogen) atoms. The maximum Gasteiger partial charge on any atom is 0.123 e. The Balaban J connectivity index is 0.000000211. The van der Waals surface area contributed by atoms with E-state index in [2.05, 4.69) is 66.7 Å². The Kier molecular flexibility index (Phi) is 7.43. The summed E-state index contributed by atoms with van der Waals surface area (Å²) in [5.74, 6) is 1.55. The average molecular weight is 397 g/mol. The zero-order valence-corrected chi connectivity index (χ0v) is 19.5. The Morgan fingerprint density at radius 2 is 1.24 bits per heavy atom. The van der Waals surface area contributed by atoms with Crippen LogP contribution >= 0.6 is 0 Å². The number of rotatable bonds is 1. The number of hydrogen-bond donors (Lipinski definition) is 2. The molecule has 2 heteroatoms. The van der Waals surface area contributed by atoms with Crippen molar-refractivity contribution in [3.63, 3.8) is 0 Å². The maximum atomic E-state index is 10.4. The minimum Gasteiger partial charge on any atom is -0.508 e. The fourth-order valence-corrected chi connectivity index (χ4v) is 4.17. The lowest BCUT2D eigenvalue weighted by atomic mass is 9.78. The van der Waals surface area contributed by atoms with E-state index in [1.807, 2.05) is 12.1 Å². The first-order valence-corrected chi connectivity index (χ1v) is 11.0. The Morgan fingerprint density at radius 1 is 0.759 bits per heavy atom. The van der Waals surface area contributed by atoms with Gasteiger partial charge in [0.05, 0.1) is 0 Å². The molecule has 0 aliphatic heterocycles. The Morgan fingerprint density at radius 3 is 1.69 bits per heavy atom. The maximum absolute atomic E-state index is 10.4. The molecule has 0 saturated heterocycles. The molecule has 0 radical (unpaired) electrons. The van der Waals surface area contributed by atoms with Crippen LogP contribution in [0.4, 0.5) is 0 Å². The van der Waals surface area contributed by atoms with Crippen molar-refractivity contribution in [1.29, 1.82) is 0 Å². The number of aryl methyl sites for hydroxylation is 1. The monoisotopic (exact) mass is 396 g/mol. The van der Waals surface area contributed by atoms with Crippen molar-refractivity contribution in [2.75, 3.05) is 0 Å². The van der Waals surface area contributed by atoms with Crippen LogP contribution in [0, 0.1) is 6.92 Å². The van der Waals surface area contributed by atoms with Gasteiger partial charge in [-0.25, -0.2) is 0 Å². The van der Waals surface area contributed by atoms with E-state index in [0.29, 0.717) is 17.4 Å². The molecule has 2 aromatic rings. The normalized spacial score (nSPS) is 15.6. The number of phenols is 2. The molecule has 1 fully saturated rings. The van der Waals surface area contributed by atoms with Crippen LogP contribution in [0.25, 0.3) is 0 Å². The first-order chi connectivity index (χ1) is 13.4. The third-order valence-electron chi connectivity index (χ3n) is 5.85. The Labute approximate surface area is 178 Å². The van der Waals surface area contributed by atoms with Gasteiger partial charge >= 0.3 is 0 Å². The smallest absolute Gasteiger partial charge is 0.123 e. The minimum absolute atomic E-state index is 0.0178. The van der Waals surface area contributed by atoms with Crippen LogP contribution in [-0.4, -0.2) is 10.2 Å². The molecule has 0 unspecified atom stereocenters. The van der Waals surface area contributed by atoms with E-state index in [-0.39, 0.29) is 10.8 Å². The Hall–Kier alpha value is -1.96. The van der Waals surface area contributed by atoms with Crippen molar-refractivity contribution >= 4 is 0 Å². The van der Waals surface area contributed by atoms with Crippen LogP contribution in [0.2, 0.25) is 0 Å². The summed E-state index contributed by atoms with van der Waals surface area (Å²) < 4.78 is 0. The van der Waals surface area contributed by atoms with Gasteiger partial charge in [-0.3, -0.25) is 0 Å². The number of para-hydroxylation sites is 1. The van der Waals surface area contributed by atoms with E-state index in [1.54, 1.807) is 6.07 Å². The highest BCUT2D eigenvalue weighted by molar-refractivity contribution is 5.49. The second-order valence-electron chi connectivity index (χ2n) is 10.6. The van der Waals surface area contributed by atoms with Crippen molar-refractivity contribution < 1.29 is 10.2 Å². The van der Waals surface area contributed by atoms with Gasteiger partial charge in [0.15, 0.2) is 0 Å². The molecule has 2 aromatic carbocycles. The number of hydrogen-bond acceptors (Lipinski definition) is 2. The summed E-state index contributed by atoms with van der Waals surface area (Å²) in [6, 6.07) is 11.9. The van der Waals surface area contributed by atoms with Gasteiger partial charge in [-0.05, 0) is 59.3 Å². The molecule has 1 saturated carbocycles. The van der Waals surface area contributed by atoms with E-state index in [1.165, 1.54) is 37.7 Å². The van der Waals surface area contributed by atoms with E-state index < -0.39 is 0 Å². The van der Waals surface area contributed by atoms with Gasteiger partial charge in [0, 0.05) is 0 Å². The SMILES string of the molecule is Cc1cc(C(C)(C)C)c(O)c(C(C)(C)C)c1.Oc1ccccc1C1CCCCC1. The first-order valence-electron chi connectivity index (χ1n) is 11.0. The number of aromatic hydroxyl groups is 2. The predicted molar refractivity (Wildman–Crippen MR) is 124 cm³/mol. The van der Waals surface area contributed by atoms with Gasteiger partial charge in [-0.15, -0.1) is 0 Å². The molecule has 0 atom stereocenters. The third-order valence-corrected chi connectivity index (χ3v) is 5.85. The van der Waals surface area contributed by atoms with E-state index in [0.717, 1.165) is 16.7 Å². The fourth-order valence-electron chi connectivity index (χ4n) is 4.17. The topological polar surface area (TPSA) is 40.5 Å². The summed E-state index contributed by atoms with van der Waals surface area (Å²) >= 11 is 0. The minimum atomic E-state index is -0.0178. The van der Waals surface area contributed by atoms with Crippen molar-refractivity contribution in [2.24, 2.45) is 0 Å². The second kappa shape index (κ2) is 9.24. The van der Waals surface area contributed by atoms with Crippen molar-refractivity contribution in [3.8, 4) is 11.5 Å². The van der Waals surface area contributed by atoms with Crippen molar-refractivity contribution in [3.05, 3.63) is 58.7 Å². The van der Waals surface area contributed by atoms with Crippen LogP contribution in [0.5, 0.6) is 11.5 Å². The van der Waals surface area contributed by atoms with Gasteiger partial charge in [-0.2, -0.15) is 0 Å². The predicted octanol–water partition coefficient (Wildman–Crippen LogP) is 7.74.